The van der Waals surface area contributed by atoms with Gasteiger partial charge in [0, 0.05) is 30.8 Å². The zero-order valence-electron chi connectivity index (χ0n) is 18.3. The number of morpholine rings is 1. The van der Waals surface area contributed by atoms with Crippen molar-refractivity contribution >= 4 is 11.8 Å². The molecule has 1 aliphatic rings. The first-order chi connectivity index (χ1) is 16.2. The molecule has 0 bridgehead atoms. The van der Waals surface area contributed by atoms with E-state index in [1.165, 1.54) is 0 Å². The third kappa shape index (κ3) is 6.41. The van der Waals surface area contributed by atoms with Gasteiger partial charge in [0.05, 0.1) is 13.2 Å². The molecule has 0 saturated carbocycles. The van der Waals surface area contributed by atoms with Gasteiger partial charge in [-0.3, -0.25) is 25.3 Å². The fraction of sp³-hybridized carbons (Fsp3) is 0.231. The molecular weight excluding hydrogens is 418 g/mol. The van der Waals surface area contributed by atoms with Crippen LogP contribution in [0, 0.1) is 0 Å². The Morgan fingerprint density at radius 2 is 1.64 bits per heavy atom. The molecule has 2 amide bonds. The van der Waals surface area contributed by atoms with Gasteiger partial charge in [-0.15, -0.1) is 0 Å². The average molecular weight is 446 g/mol. The monoisotopic (exact) mass is 445 g/mol. The minimum Gasteiger partial charge on any atom is -0.483 e. The Labute approximate surface area is 193 Å². The molecule has 1 saturated heterocycles. The second-order valence-electron chi connectivity index (χ2n) is 7.74. The maximum Gasteiger partial charge on any atom is 0.276 e. The zero-order chi connectivity index (χ0) is 22.9. The molecular formula is C26H27N3O4. The van der Waals surface area contributed by atoms with Crippen LogP contribution in [0.3, 0.4) is 0 Å². The van der Waals surface area contributed by atoms with E-state index in [1.54, 1.807) is 6.07 Å². The summed E-state index contributed by atoms with van der Waals surface area (Å²) in [6.45, 7) is 3.74. The number of nitrogens with one attached hydrogen (secondary N) is 2. The summed E-state index contributed by atoms with van der Waals surface area (Å²) in [5, 5.41) is 0. The van der Waals surface area contributed by atoms with Gasteiger partial charge in [0.1, 0.15) is 5.75 Å². The van der Waals surface area contributed by atoms with Crippen LogP contribution in [-0.2, 0) is 16.1 Å². The second-order valence-corrected chi connectivity index (χ2v) is 7.74. The zero-order valence-corrected chi connectivity index (χ0v) is 18.3. The van der Waals surface area contributed by atoms with E-state index in [9.17, 15) is 9.59 Å². The molecule has 0 spiro atoms. The van der Waals surface area contributed by atoms with Crippen molar-refractivity contribution in [2.24, 2.45) is 0 Å². The molecule has 0 radical (unpaired) electrons. The molecule has 170 valence electrons. The number of rotatable bonds is 7. The highest BCUT2D eigenvalue weighted by Crippen LogP contribution is 2.29. The summed E-state index contributed by atoms with van der Waals surface area (Å²) < 4.78 is 11.1. The molecule has 0 aromatic heterocycles. The summed E-state index contributed by atoms with van der Waals surface area (Å²) in [4.78, 5) is 27.1. The molecule has 7 heteroatoms. The predicted octanol–water partition coefficient (Wildman–Crippen LogP) is 3.03. The van der Waals surface area contributed by atoms with E-state index in [-0.39, 0.29) is 12.5 Å². The number of para-hydroxylation sites is 1. The number of hydrogen-bond donors (Lipinski definition) is 2. The largest absolute Gasteiger partial charge is 0.483 e. The maximum atomic E-state index is 12.5. The molecule has 0 atom stereocenters. The highest BCUT2D eigenvalue weighted by Gasteiger charge is 2.13. The van der Waals surface area contributed by atoms with Crippen molar-refractivity contribution in [3.8, 4) is 16.9 Å². The van der Waals surface area contributed by atoms with Crippen molar-refractivity contribution in [1.82, 2.24) is 15.8 Å². The van der Waals surface area contributed by atoms with Gasteiger partial charge in [0.2, 0.25) is 0 Å². The second kappa shape index (κ2) is 11.3. The fourth-order valence-corrected chi connectivity index (χ4v) is 3.66. The predicted molar refractivity (Wildman–Crippen MR) is 126 cm³/mol. The fourth-order valence-electron chi connectivity index (χ4n) is 3.66. The highest BCUT2D eigenvalue weighted by molar-refractivity contribution is 5.95. The van der Waals surface area contributed by atoms with Gasteiger partial charge in [-0.25, -0.2) is 0 Å². The lowest BCUT2D eigenvalue weighted by molar-refractivity contribution is -0.123. The first-order valence-electron chi connectivity index (χ1n) is 10.9. The van der Waals surface area contributed by atoms with Gasteiger partial charge in [-0.2, -0.15) is 0 Å². The van der Waals surface area contributed by atoms with E-state index < -0.39 is 5.91 Å². The van der Waals surface area contributed by atoms with Crippen molar-refractivity contribution in [3.05, 3.63) is 90.0 Å². The van der Waals surface area contributed by atoms with Crippen molar-refractivity contribution in [3.63, 3.8) is 0 Å². The van der Waals surface area contributed by atoms with E-state index in [2.05, 4.69) is 15.8 Å². The molecule has 0 aliphatic carbocycles. The molecule has 33 heavy (non-hydrogen) atoms. The lowest BCUT2D eigenvalue weighted by Gasteiger charge is -2.26. The Morgan fingerprint density at radius 3 is 2.45 bits per heavy atom. The number of ether oxygens (including phenoxy) is 2. The summed E-state index contributed by atoms with van der Waals surface area (Å²) in [7, 11) is 0. The Hall–Kier alpha value is -3.68. The van der Waals surface area contributed by atoms with E-state index in [0.29, 0.717) is 11.3 Å². The van der Waals surface area contributed by atoms with Crippen LogP contribution in [0.25, 0.3) is 11.1 Å². The Morgan fingerprint density at radius 1 is 0.879 bits per heavy atom. The lowest BCUT2D eigenvalue weighted by atomic mass is 10.1. The molecule has 1 aliphatic heterocycles. The van der Waals surface area contributed by atoms with E-state index in [0.717, 1.165) is 49.5 Å². The van der Waals surface area contributed by atoms with Crippen molar-refractivity contribution in [2.75, 3.05) is 32.9 Å². The molecule has 1 heterocycles. The van der Waals surface area contributed by atoms with Gasteiger partial charge in [0.15, 0.2) is 6.61 Å². The first-order valence-corrected chi connectivity index (χ1v) is 10.9. The molecule has 3 aromatic carbocycles. The molecule has 2 N–H and O–H groups in total. The normalized spacial score (nSPS) is 13.8. The van der Waals surface area contributed by atoms with Crippen LogP contribution < -0.4 is 15.6 Å². The quantitative estimate of drug-likeness (QED) is 0.547. The van der Waals surface area contributed by atoms with Gasteiger partial charge < -0.3 is 9.47 Å². The molecule has 1 fully saturated rings. The third-order valence-corrected chi connectivity index (χ3v) is 5.35. The van der Waals surface area contributed by atoms with E-state index in [1.807, 2.05) is 72.8 Å². The van der Waals surface area contributed by atoms with Crippen LogP contribution in [0.1, 0.15) is 15.9 Å². The summed E-state index contributed by atoms with van der Waals surface area (Å²) >= 11 is 0. The highest BCUT2D eigenvalue weighted by atomic mass is 16.5. The maximum absolute atomic E-state index is 12.5. The topological polar surface area (TPSA) is 79.9 Å². The smallest absolute Gasteiger partial charge is 0.276 e. The molecule has 4 rings (SSSR count). The van der Waals surface area contributed by atoms with Crippen LogP contribution in [0.4, 0.5) is 0 Å². The van der Waals surface area contributed by atoms with Crippen molar-refractivity contribution in [2.45, 2.75) is 6.54 Å². The number of benzene rings is 3. The minimum atomic E-state index is -0.448. The molecule has 3 aromatic rings. The Bertz CT molecular complexity index is 1080. The average Bonchev–Trinajstić information content (AvgIpc) is 2.87. The van der Waals surface area contributed by atoms with Crippen LogP contribution in [0.5, 0.6) is 5.75 Å². The van der Waals surface area contributed by atoms with Crippen molar-refractivity contribution < 1.29 is 19.1 Å². The third-order valence-electron chi connectivity index (χ3n) is 5.35. The number of amides is 2. The summed E-state index contributed by atoms with van der Waals surface area (Å²) in [6.07, 6.45) is 0. The number of hydrogen-bond acceptors (Lipinski definition) is 5. The van der Waals surface area contributed by atoms with Gasteiger partial charge in [-0.05, 0) is 29.3 Å². The standard InChI is InChI=1S/C26H27N3O4/c30-25(19-33-24-12-5-4-11-23(24)21-8-2-1-3-9-21)27-28-26(31)22-10-6-7-20(17-22)18-29-13-15-32-16-14-29/h1-12,17H,13-16,18-19H2,(H,27,30)(H,28,31). The lowest BCUT2D eigenvalue weighted by Crippen LogP contribution is -2.43. The van der Waals surface area contributed by atoms with Crippen molar-refractivity contribution in [1.29, 1.82) is 0 Å². The minimum absolute atomic E-state index is 0.221. The summed E-state index contributed by atoms with van der Waals surface area (Å²) in [5.41, 5.74) is 8.30. The van der Waals surface area contributed by atoms with Gasteiger partial charge >= 0.3 is 0 Å². The summed E-state index contributed by atoms with van der Waals surface area (Å²) in [5.74, 6) is -0.228. The molecule has 0 unspecified atom stereocenters. The van der Waals surface area contributed by atoms with Crippen LogP contribution in [-0.4, -0.2) is 49.6 Å². The number of nitrogens with zero attached hydrogens (tertiary/aromatic N) is 1. The number of carbonyl (C=O) groups excluding carboxylic acids is 2. The molecule has 7 nitrogen and oxygen atoms in total. The SMILES string of the molecule is O=C(COc1ccccc1-c1ccccc1)NNC(=O)c1cccc(CN2CCOCC2)c1. The first kappa shape index (κ1) is 22.5. The van der Waals surface area contributed by atoms with Gasteiger partial charge in [-0.1, -0.05) is 60.7 Å². The van der Waals surface area contributed by atoms with E-state index in [4.69, 9.17) is 9.47 Å². The van der Waals surface area contributed by atoms with Crippen LogP contribution >= 0.6 is 0 Å². The van der Waals surface area contributed by atoms with E-state index >= 15 is 0 Å². The number of carbonyl (C=O) groups is 2. The number of hydrazine groups is 1. The Kier molecular flexibility index (Phi) is 7.68. The Balaban J connectivity index is 1.28. The van der Waals surface area contributed by atoms with Crippen LogP contribution in [0.2, 0.25) is 0 Å². The van der Waals surface area contributed by atoms with Gasteiger partial charge in [0.25, 0.3) is 11.8 Å². The van der Waals surface area contributed by atoms with Crippen LogP contribution in [0.15, 0.2) is 78.9 Å². The summed E-state index contributed by atoms with van der Waals surface area (Å²) in [6, 6.07) is 24.7.